The van der Waals surface area contributed by atoms with Crippen LogP contribution >= 0.6 is 31.9 Å². The number of aromatic hydroxyl groups is 3. The third-order valence-electron chi connectivity index (χ3n) is 2.87. The molecule has 2 aromatic carbocycles. The van der Waals surface area contributed by atoms with E-state index in [0.717, 1.165) is 0 Å². The van der Waals surface area contributed by atoms with Gasteiger partial charge in [-0.05, 0) is 62.5 Å². The first-order chi connectivity index (χ1) is 9.32. The number of halogens is 2. The summed E-state index contributed by atoms with van der Waals surface area (Å²) in [6, 6.07) is 5.62. The monoisotopic (exact) mass is 400 g/mol. The lowest BCUT2D eigenvalue weighted by Gasteiger charge is -2.10. The van der Waals surface area contributed by atoms with Gasteiger partial charge in [0, 0.05) is 15.6 Å². The molecule has 3 N–H and O–H groups in total. The Balaban J connectivity index is 2.58. The number of ketones is 1. The van der Waals surface area contributed by atoms with Crippen LogP contribution < -0.4 is 0 Å². The van der Waals surface area contributed by atoms with Crippen molar-refractivity contribution in [1.82, 2.24) is 0 Å². The second-order valence-corrected chi connectivity index (χ2v) is 5.89. The van der Waals surface area contributed by atoms with Gasteiger partial charge in [0.05, 0.1) is 4.47 Å². The highest BCUT2D eigenvalue weighted by Crippen LogP contribution is 2.36. The highest BCUT2D eigenvalue weighted by molar-refractivity contribution is 9.11. The molecule has 20 heavy (non-hydrogen) atoms. The largest absolute Gasteiger partial charge is 0.506 e. The third-order valence-corrected chi connectivity index (χ3v) is 4.33. The van der Waals surface area contributed by atoms with E-state index in [4.69, 9.17) is 0 Å². The molecular formula is C14H10Br2O4. The van der Waals surface area contributed by atoms with E-state index >= 15 is 0 Å². The quantitative estimate of drug-likeness (QED) is 0.527. The van der Waals surface area contributed by atoms with Gasteiger partial charge < -0.3 is 15.3 Å². The van der Waals surface area contributed by atoms with Gasteiger partial charge in [0.15, 0.2) is 17.3 Å². The summed E-state index contributed by atoms with van der Waals surface area (Å²) in [7, 11) is 0. The number of carbonyl (C=O) groups excluding carboxylic acids is 1. The fourth-order valence-corrected chi connectivity index (χ4v) is 2.84. The number of phenols is 3. The minimum absolute atomic E-state index is 0.00465. The molecule has 0 aliphatic rings. The topological polar surface area (TPSA) is 77.8 Å². The highest BCUT2D eigenvalue weighted by atomic mass is 79.9. The number of hydrogen-bond acceptors (Lipinski definition) is 4. The summed E-state index contributed by atoms with van der Waals surface area (Å²) >= 11 is 6.36. The average molecular weight is 402 g/mol. The Bertz CT molecular complexity index is 707. The predicted octanol–water partition coefficient (Wildman–Crippen LogP) is 3.87. The van der Waals surface area contributed by atoms with Crippen LogP contribution in [0, 0.1) is 6.92 Å². The van der Waals surface area contributed by atoms with Gasteiger partial charge in [-0.1, -0.05) is 6.07 Å². The van der Waals surface area contributed by atoms with Crippen LogP contribution in [0.5, 0.6) is 17.2 Å². The van der Waals surface area contributed by atoms with Gasteiger partial charge in [-0.3, -0.25) is 4.79 Å². The SMILES string of the molecule is Cc1ccc(C(=O)c2cc(O)c(O)cc2Br)c(Br)c1O. The van der Waals surface area contributed by atoms with E-state index in [1.807, 2.05) is 0 Å². The third kappa shape index (κ3) is 2.53. The number of rotatable bonds is 2. The standard InChI is InChI=1S/C14H10Br2O4/c1-6-2-3-7(12(16)13(6)19)14(20)8-4-10(17)11(18)5-9(8)15/h2-5,17-19H,1H3. The summed E-state index contributed by atoms with van der Waals surface area (Å²) in [5, 5.41) is 28.7. The first-order valence-corrected chi connectivity index (χ1v) is 7.15. The highest BCUT2D eigenvalue weighted by Gasteiger charge is 2.20. The van der Waals surface area contributed by atoms with Crippen molar-refractivity contribution in [2.75, 3.05) is 0 Å². The predicted molar refractivity (Wildman–Crippen MR) is 81.4 cm³/mol. The van der Waals surface area contributed by atoms with Crippen molar-refractivity contribution in [3.63, 3.8) is 0 Å². The van der Waals surface area contributed by atoms with E-state index in [2.05, 4.69) is 31.9 Å². The number of aryl methyl sites for hydroxylation is 1. The summed E-state index contributed by atoms with van der Waals surface area (Å²) < 4.78 is 0.645. The molecule has 0 atom stereocenters. The molecule has 0 bridgehead atoms. The lowest BCUT2D eigenvalue weighted by atomic mass is 10.0. The zero-order valence-electron chi connectivity index (χ0n) is 10.3. The molecular weight excluding hydrogens is 392 g/mol. The van der Waals surface area contributed by atoms with Crippen LogP contribution in [0.1, 0.15) is 21.5 Å². The number of benzene rings is 2. The van der Waals surface area contributed by atoms with Crippen molar-refractivity contribution in [3.8, 4) is 17.2 Å². The zero-order chi connectivity index (χ0) is 15.0. The summed E-state index contributed by atoms with van der Waals surface area (Å²) in [6.45, 7) is 1.72. The van der Waals surface area contributed by atoms with Crippen molar-refractivity contribution < 1.29 is 20.1 Å². The minimum atomic E-state index is -0.394. The summed E-state index contributed by atoms with van der Waals surface area (Å²) in [6.07, 6.45) is 0. The lowest BCUT2D eigenvalue weighted by Crippen LogP contribution is -2.04. The van der Waals surface area contributed by atoms with E-state index in [-0.39, 0.29) is 28.4 Å². The molecule has 0 aromatic heterocycles. The Morgan fingerprint density at radius 1 is 1.00 bits per heavy atom. The van der Waals surface area contributed by atoms with E-state index in [1.165, 1.54) is 12.1 Å². The molecule has 0 aliphatic carbocycles. The second-order valence-electron chi connectivity index (χ2n) is 4.24. The second kappa shape index (κ2) is 5.46. The molecule has 2 rings (SSSR count). The summed E-state index contributed by atoms with van der Waals surface area (Å²) in [4.78, 5) is 12.5. The first kappa shape index (κ1) is 14.9. The van der Waals surface area contributed by atoms with Crippen molar-refractivity contribution >= 4 is 37.6 Å². The zero-order valence-corrected chi connectivity index (χ0v) is 13.5. The van der Waals surface area contributed by atoms with E-state index in [1.54, 1.807) is 19.1 Å². The molecule has 104 valence electrons. The first-order valence-electron chi connectivity index (χ1n) is 5.57. The van der Waals surface area contributed by atoms with Crippen LogP contribution in [0.4, 0.5) is 0 Å². The van der Waals surface area contributed by atoms with Crippen LogP contribution in [-0.2, 0) is 0 Å². The molecule has 4 nitrogen and oxygen atoms in total. The smallest absolute Gasteiger partial charge is 0.195 e. The molecule has 6 heteroatoms. The maximum atomic E-state index is 12.5. The van der Waals surface area contributed by atoms with Gasteiger partial charge in [-0.25, -0.2) is 0 Å². The van der Waals surface area contributed by atoms with Crippen molar-refractivity contribution in [2.24, 2.45) is 0 Å². The molecule has 0 amide bonds. The minimum Gasteiger partial charge on any atom is -0.506 e. The Morgan fingerprint density at radius 3 is 2.25 bits per heavy atom. The average Bonchev–Trinajstić information content (AvgIpc) is 2.40. The van der Waals surface area contributed by atoms with Crippen molar-refractivity contribution in [2.45, 2.75) is 6.92 Å². The maximum absolute atomic E-state index is 12.5. The fraction of sp³-hybridized carbons (Fsp3) is 0.0714. The molecule has 0 aliphatic heterocycles. The Labute approximate surface area is 131 Å². The molecule has 0 fully saturated rings. The van der Waals surface area contributed by atoms with E-state index < -0.39 is 5.78 Å². The van der Waals surface area contributed by atoms with Crippen LogP contribution in [0.3, 0.4) is 0 Å². The number of carbonyl (C=O) groups is 1. The Morgan fingerprint density at radius 2 is 1.60 bits per heavy atom. The van der Waals surface area contributed by atoms with Crippen LogP contribution in [-0.4, -0.2) is 21.1 Å². The van der Waals surface area contributed by atoms with Crippen LogP contribution in [0.2, 0.25) is 0 Å². The lowest BCUT2D eigenvalue weighted by molar-refractivity contribution is 0.103. The molecule has 0 heterocycles. The normalized spacial score (nSPS) is 10.6. The van der Waals surface area contributed by atoms with Crippen LogP contribution in [0.15, 0.2) is 33.2 Å². The van der Waals surface area contributed by atoms with Gasteiger partial charge >= 0.3 is 0 Å². The molecule has 0 saturated carbocycles. The van der Waals surface area contributed by atoms with Gasteiger partial charge in [-0.15, -0.1) is 0 Å². The van der Waals surface area contributed by atoms with Gasteiger partial charge in [0.25, 0.3) is 0 Å². The van der Waals surface area contributed by atoms with Crippen molar-refractivity contribution in [3.05, 3.63) is 49.9 Å². The van der Waals surface area contributed by atoms with E-state index in [0.29, 0.717) is 14.5 Å². The molecule has 2 aromatic rings. The van der Waals surface area contributed by atoms with Gasteiger partial charge in [-0.2, -0.15) is 0 Å². The van der Waals surface area contributed by atoms with Gasteiger partial charge in [0.2, 0.25) is 0 Å². The molecule has 0 unspecified atom stereocenters. The fourth-order valence-electron chi connectivity index (χ4n) is 1.71. The Kier molecular flexibility index (Phi) is 4.06. The molecule has 0 saturated heterocycles. The number of hydrogen-bond donors (Lipinski definition) is 3. The van der Waals surface area contributed by atoms with Gasteiger partial charge in [0.1, 0.15) is 5.75 Å². The number of phenolic OH excluding ortho intramolecular Hbond substituents is 3. The van der Waals surface area contributed by atoms with Crippen molar-refractivity contribution in [1.29, 1.82) is 0 Å². The summed E-state index contributed by atoms with van der Waals surface area (Å²) in [5.74, 6) is -1.10. The molecule has 0 radical (unpaired) electrons. The summed E-state index contributed by atoms with van der Waals surface area (Å²) in [5.41, 5.74) is 1.09. The van der Waals surface area contributed by atoms with Crippen LogP contribution in [0.25, 0.3) is 0 Å². The molecule has 0 spiro atoms. The Hall–Kier alpha value is -1.53. The van der Waals surface area contributed by atoms with E-state index in [9.17, 15) is 20.1 Å². The maximum Gasteiger partial charge on any atom is 0.195 e.